The lowest BCUT2D eigenvalue weighted by Crippen LogP contribution is -2.37. The summed E-state index contributed by atoms with van der Waals surface area (Å²) in [6.45, 7) is 8.54. The number of anilines is 1. The first-order valence-electron chi connectivity index (χ1n) is 6.88. The first-order chi connectivity index (χ1) is 9.21. The predicted molar refractivity (Wildman–Crippen MR) is 79.7 cm³/mol. The van der Waals surface area contributed by atoms with Crippen LogP contribution < -0.4 is 4.90 Å². The maximum absolute atomic E-state index is 9.26. The fraction of sp³-hybridized carbons (Fsp3) is 0.533. The van der Waals surface area contributed by atoms with Crippen LogP contribution in [0.2, 0.25) is 5.02 Å². The molecule has 1 aromatic carbocycles. The number of rotatable bonds is 4. The molecule has 1 heterocycles. The summed E-state index contributed by atoms with van der Waals surface area (Å²) in [4.78, 5) is 4.77. The van der Waals surface area contributed by atoms with Gasteiger partial charge >= 0.3 is 0 Å². The Balaban J connectivity index is 2.18. The van der Waals surface area contributed by atoms with Crippen molar-refractivity contribution in [2.24, 2.45) is 0 Å². The number of nitriles is 1. The summed E-state index contributed by atoms with van der Waals surface area (Å²) >= 11 is 6.10. The van der Waals surface area contributed by atoms with Crippen molar-refractivity contribution in [3.63, 3.8) is 0 Å². The van der Waals surface area contributed by atoms with E-state index in [-0.39, 0.29) is 0 Å². The van der Waals surface area contributed by atoms with E-state index in [1.165, 1.54) is 0 Å². The van der Waals surface area contributed by atoms with Gasteiger partial charge in [0.2, 0.25) is 0 Å². The van der Waals surface area contributed by atoms with Crippen LogP contribution in [0.1, 0.15) is 25.8 Å². The summed E-state index contributed by atoms with van der Waals surface area (Å²) in [7, 11) is 0. The molecule has 19 heavy (non-hydrogen) atoms. The van der Waals surface area contributed by atoms with Gasteiger partial charge in [0.05, 0.1) is 16.3 Å². The molecule has 2 rings (SSSR count). The quantitative estimate of drug-likeness (QED) is 0.847. The van der Waals surface area contributed by atoms with E-state index in [1.54, 1.807) is 6.07 Å². The van der Waals surface area contributed by atoms with Gasteiger partial charge in [0.25, 0.3) is 0 Å². The second-order valence-corrected chi connectivity index (χ2v) is 5.26. The highest BCUT2D eigenvalue weighted by Gasteiger charge is 2.27. The Kier molecular flexibility index (Phi) is 4.68. The smallest absolute Gasteiger partial charge is 0.103 e. The van der Waals surface area contributed by atoms with Crippen LogP contribution in [-0.4, -0.2) is 37.1 Å². The van der Waals surface area contributed by atoms with Gasteiger partial charge in [-0.3, -0.25) is 4.90 Å². The Hall–Kier alpha value is -1.24. The van der Waals surface area contributed by atoms with Crippen LogP contribution in [0.3, 0.4) is 0 Å². The van der Waals surface area contributed by atoms with Crippen molar-refractivity contribution < 1.29 is 0 Å². The molecule has 0 bridgehead atoms. The second-order valence-electron chi connectivity index (χ2n) is 4.86. The van der Waals surface area contributed by atoms with Gasteiger partial charge in [-0.2, -0.15) is 5.26 Å². The monoisotopic (exact) mass is 277 g/mol. The predicted octanol–water partition coefficient (Wildman–Crippen LogP) is 3.13. The highest BCUT2D eigenvalue weighted by Crippen LogP contribution is 2.30. The SMILES string of the molecule is CCN(CC)C1CCN(c2cccc(Cl)c2C#N)C1. The van der Waals surface area contributed by atoms with Crippen molar-refractivity contribution in [2.75, 3.05) is 31.1 Å². The van der Waals surface area contributed by atoms with Crippen molar-refractivity contribution in [1.82, 2.24) is 4.90 Å². The van der Waals surface area contributed by atoms with E-state index in [4.69, 9.17) is 11.6 Å². The van der Waals surface area contributed by atoms with E-state index >= 15 is 0 Å². The third kappa shape index (κ3) is 2.86. The molecule has 0 radical (unpaired) electrons. The van der Waals surface area contributed by atoms with E-state index < -0.39 is 0 Å². The number of halogens is 1. The van der Waals surface area contributed by atoms with Crippen LogP contribution in [0.4, 0.5) is 5.69 Å². The van der Waals surface area contributed by atoms with Crippen molar-refractivity contribution in [3.05, 3.63) is 28.8 Å². The fourth-order valence-electron chi connectivity index (χ4n) is 2.89. The molecule has 1 aliphatic rings. The Bertz CT molecular complexity index is 477. The van der Waals surface area contributed by atoms with Gasteiger partial charge in [-0.15, -0.1) is 0 Å². The summed E-state index contributed by atoms with van der Waals surface area (Å²) in [5.41, 5.74) is 1.58. The molecule has 1 saturated heterocycles. The van der Waals surface area contributed by atoms with Crippen LogP contribution >= 0.6 is 11.6 Å². The summed E-state index contributed by atoms with van der Waals surface area (Å²) in [5, 5.41) is 9.80. The van der Waals surface area contributed by atoms with Crippen LogP contribution in [0.25, 0.3) is 0 Å². The highest BCUT2D eigenvalue weighted by atomic mass is 35.5. The maximum atomic E-state index is 9.26. The second kappa shape index (κ2) is 6.27. The zero-order chi connectivity index (χ0) is 13.8. The molecule has 1 fully saturated rings. The lowest BCUT2D eigenvalue weighted by atomic mass is 10.2. The largest absolute Gasteiger partial charge is 0.369 e. The average molecular weight is 278 g/mol. The zero-order valence-corrected chi connectivity index (χ0v) is 12.3. The molecule has 0 N–H and O–H groups in total. The van der Waals surface area contributed by atoms with Crippen LogP contribution in [0.5, 0.6) is 0 Å². The number of hydrogen-bond donors (Lipinski definition) is 0. The molecule has 0 saturated carbocycles. The molecular formula is C15H20ClN3. The molecule has 0 aliphatic carbocycles. The van der Waals surface area contributed by atoms with Gasteiger partial charge in [0.15, 0.2) is 0 Å². The molecule has 4 heteroatoms. The van der Waals surface area contributed by atoms with Gasteiger partial charge in [-0.25, -0.2) is 0 Å². The van der Waals surface area contributed by atoms with Gasteiger partial charge in [-0.1, -0.05) is 31.5 Å². The van der Waals surface area contributed by atoms with Gasteiger partial charge in [-0.05, 0) is 31.6 Å². The Morgan fingerprint density at radius 2 is 2.16 bits per heavy atom. The molecule has 1 atom stereocenters. The zero-order valence-electron chi connectivity index (χ0n) is 11.6. The first-order valence-corrected chi connectivity index (χ1v) is 7.26. The molecule has 3 nitrogen and oxygen atoms in total. The number of benzene rings is 1. The maximum Gasteiger partial charge on any atom is 0.103 e. The van der Waals surface area contributed by atoms with Crippen molar-refractivity contribution in [3.8, 4) is 6.07 Å². The summed E-state index contributed by atoms with van der Waals surface area (Å²) in [5.74, 6) is 0. The van der Waals surface area contributed by atoms with Gasteiger partial charge < -0.3 is 4.90 Å². The van der Waals surface area contributed by atoms with E-state index in [0.29, 0.717) is 16.6 Å². The Morgan fingerprint density at radius 3 is 2.79 bits per heavy atom. The molecule has 1 unspecified atom stereocenters. The van der Waals surface area contributed by atoms with E-state index in [2.05, 4.69) is 29.7 Å². The Morgan fingerprint density at radius 1 is 1.42 bits per heavy atom. The summed E-state index contributed by atoms with van der Waals surface area (Å²) < 4.78 is 0. The number of nitrogens with zero attached hydrogens (tertiary/aromatic N) is 3. The van der Waals surface area contributed by atoms with Crippen molar-refractivity contribution >= 4 is 17.3 Å². The average Bonchev–Trinajstić information content (AvgIpc) is 2.89. The van der Waals surface area contributed by atoms with E-state index in [1.807, 2.05) is 12.1 Å². The molecule has 0 aromatic heterocycles. The molecule has 102 valence electrons. The van der Waals surface area contributed by atoms with Crippen molar-refractivity contribution in [2.45, 2.75) is 26.3 Å². The minimum atomic E-state index is 0.547. The van der Waals surface area contributed by atoms with E-state index in [0.717, 1.165) is 38.3 Å². The van der Waals surface area contributed by atoms with Crippen molar-refractivity contribution in [1.29, 1.82) is 5.26 Å². The van der Waals surface area contributed by atoms with Crippen LogP contribution in [0, 0.1) is 11.3 Å². The Labute approximate surface area is 120 Å². The first kappa shape index (κ1) is 14.2. The van der Waals surface area contributed by atoms with Crippen LogP contribution in [0.15, 0.2) is 18.2 Å². The minimum absolute atomic E-state index is 0.547. The molecule has 1 aliphatic heterocycles. The summed E-state index contributed by atoms with van der Waals surface area (Å²) in [6, 6.07) is 8.50. The molecule has 1 aromatic rings. The highest BCUT2D eigenvalue weighted by molar-refractivity contribution is 6.32. The third-order valence-corrected chi connectivity index (χ3v) is 4.25. The molecule has 0 spiro atoms. The standard InChI is InChI=1S/C15H20ClN3/c1-3-18(4-2)12-8-9-19(11-12)15-7-5-6-14(16)13(15)10-17/h5-7,12H,3-4,8-9,11H2,1-2H3. The minimum Gasteiger partial charge on any atom is -0.369 e. The lowest BCUT2D eigenvalue weighted by molar-refractivity contribution is 0.232. The van der Waals surface area contributed by atoms with Gasteiger partial charge in [0.1, 0.15) is 6.07 Å². The van der Waals surface area contributed by atoms with Gasteiger partial charge in [0, 0.05) is 19.1 Å². The third-order valence-electron chi connectivity index (χ3n) is 3.94. The fourth-order valence-corrected chi connectivity index (χ4v) is 3.10. The van der Waals surface area contributed by atoms with E-state index in [9.17, 15) is 5.26 Å². The summed E-state index contributed by atoms with van der Waals surface area (Å²) in [6.07, 6.45) is 1.15. The number of likely N-dealkylation sites (N-methyl/N-ethyl adjacent to an activating group) is 1. The normalized spacial score (nSPS) is 18.9. The van der Waals surface area contributed by atoms with Crippen LogP contribution in [-0.2, 0) is 0 Å². The molecule has 0 amide bonds. The number of hydrogen-bond acceptors (Lipinski definition) is 3. The molecular weight excluding hydrogens is 258 g/mol. The lowest BCUT2D eigenvalue weighted by Gasteiger charge is -2.27. The topological polar surface area (TPSA) is 30.3 Å².